The first-order chi connectivity index (χ1) is 17.4. The Hall–Kier alpha value is -3.03. The molecule has 2 aliphatic rings. The third kappa shape index (κ3) is 4.46. The molecule has 8 heteroatoms. The second kappa shape index (κ2) is 10.1. The van der Waals surface area contributed by atoms with Gasteiger partial charge in [-0.2, -0.15) is 0 Å². The first-order valence-corrected chi connectivity index (χ1v) is 13.1. The number of aromatic nitrogens is 1. The van der Waals surface area contributed by atoms with E-state index < -0.39 is 5.91 Å². The van der Waals surface area contributed by atoms with Crippen molar-refractivity contribution in [2.45, 2.75) is 51.1 Å². The van der Waals surface area contributed by atoms with Gasteiger partial charge >= 0.3 is 6.09 Å². The molecule has 1 aliphatic carbocycles. The van der Waals surface area contributed by atoms with Crippen molar-refractivity contribution < 1.29 is 14.3 Å². The van der Waals surface area contributed by atoms with Gasteiger partial charge in [-0.25, -0.2) is 4.79 Å². The standard InChI is InChI=1S/C28H33ClN4O3/c1-3-36-28(35)33(17-12-14-32(2)15-13-17)18-8-11-24-22(16-18)25-20(19-6-4-5-7-23(19)29)9-10-21(27(30)34)26(25)31-24/h4-7,9-10,17-18,31H,3,8,11-16H2,1-2H3,(H2,30,34). The second-order valence-corrected chi connectivity index (χ2v) is 10.3. The molecule has 1 aliphatic heterocycles. The molecule has 5 rings (SSSR count). The number of nitrogens with one attached hydrogen (secondary N) is 1. The number of hydrogen-bond donors (Lipinski definition) is 2. The zero-order valence-electron chi connectivity index (χ0n) is 20.9. The fraction of sp³-hybridized carbons (Fsp3) is 0.429. The summed E-state index contributed by atoms with van der Waals surface area (Å²) >= 11 is 6.61. The SMILES string of the molecule is CCOC(=O)N(C1CCN(C)CC1)C1CCc2[nH]c3c(C(N)=O)ccc(-c4ccccc4Cl)c3c2C1. The number of carbonyl (C=O) groups excluding carboxylic acids is 2. The number of rotatable bonds is 5. The van der Waals surface area contributed by atoms with Gasteiger partial charge in [0.15, 0.2) is 0 Å². The fourth-order valence-corrected chi connectivity index (χ4v) is 6.16. The number of amides is 2. The van der Waals surface area contributed by atoms with Gasteiger partial charge in [0, 0.05) is 33.7 Å². The van der Waals surface area contributed by atoms with Crippen LogP contribution in [0.4, 0.5) is 4.79 Å². The summed E-state index contributed by atoms with van der Waals surface area (Å²) in [5, 5.41) is 1.61. The molecule has 1 saturated heterocycles. The Morgan fingerprint density at radius 3 is 2.56 bits per heavy atom. The van der Waals surface area contributed by atoms with E-state index in [1.165, 1.54) is 0 Å². The number of aromatic amines is 1. The lowest BCUT2D eigenvalue weighted by atomic mass is 9.86. The van der Waals surface area contributed by atoms with Crippen LogP contribution in [-0.4, -0.2) is 65.6 Å². The molecule has 0 bridgehead atoms. The van der Waals surface area contributed by atoms with Crippen molar-refractivity contribution in [3.8, 4) is 11.1 Å². The molecule has 0 radical (unpaired) electrons. The van der Waals surface area contributed by atoms with Gasteiger partial charge in [-0.1, -0.05) is 35.9 Å². The molecule has 0 saturated carbocycles. The molecule has 36 heavy (non-hydrogen) atoms. The Morgan fingerprint density at radius 1 is 1.11 bits per heavy atom. The largest absolute Gasteiger partial charge is 0.450 e. The van der Waals surface area contributed by atoms with E-state index in [4.69, 9.17) is 22.1 Å². The van der Waals surface area contributed by atoms with Crippen LogP contribution in [0.1, 0.15) is 47.8 Å². The second-order valence-electron chi connectivity index (χ2n) is 9.87. The number of likely N-dealkylation sites (tertiary alicyclic amines) is 1. The highest BCUT2D eigenvalue weighted by Crippen LogP contribution is 2.41. The molecule has 0 spiro atoms. The number of aryl methyl sites for hydroxylation is 1. The maximum Gasteiger partial charge on any atom is 0.410 e. The predicted molar refractivity (Wildman–Crippen MR) is 142 cm³/mol. The van der Waals surface area contributed by atoms with Gasteiger partial charge in [0.25, 0.3) is 5.91 Å². The lowest BCUT2D eigenvalue weighted by molar-refractivity contribution is 0.0462. The Balaban J connectivity index is 1.60. The summed E-state index contributed by atoms with van der Waals surface area (Å²) in [5.74, 6) is -0.472. The number of halogens is 1. The van der Waals surface area contributed by atoms with Crippen LogP contribution in [-0.2, 0) is 17.6 Å². The van der Waals surface area contributed by atoms with Crippen LogP contribution in [0.5, 0.6) is 0 Å². The van der Waals surface area contributed by atoms with Gasteiger partial charge in [-0.15, -0.1) is 0 Å². The number of carbonyl (C=O) groups is 2. The Kier molecular flexibility index (Phi) is 6.95. The third-order valence-corrected chi connectivity index (χ3v) is 8.03. The molecule has 2 aromatic carbocycles. The molecule has 3 aromatic rings. The number of primary amides is 1. The highest BCUT2D eigenvalue weighted by Gasteiger charge is 2.37. The van der Waals surface area contributed by atoms with Crippen molar-refractivity contribution in [3.05, 3.63) is 58.2 Å². The zero-order chi connectivity index (χ0) is 25.4. The minimum atomic E-state index is -0.472. The molecular weight excluding hydrogens is 476 g/mol. The van der Waals surface area contributed by atoms with Crippen LogP contribution in [0.15, 0.2) is 36.4 Å². The third-order valence-electron chi connectivity index (χ3n) is 7.70. The number of piperidine rings is 1. The van der Waals surface area contributed by atoms with E-state index in [0.29, 0.717) is 23.6 Å². The summed E-state index contributed by atoms with van der Waals surface area (Å²) in [7, 11) is 2.12. The van der Waals surface area contributed by atoms with E-state index in [-0.39, 0.29) is 18.2 Å². The summed E-state index contributed by atoms with van der Waals surface area (Å²) in [6, 6.07) is 11.6. The molecular formula is C28H33ClN4O3. The number of ether oxygens (including phenoxy) is 1. The first kappa shape index (κ1) is 24.7. The minimum absolute atomic E-state index is 0.0142. The average Bonchev–Trinajstić information content (AvgIpc) is 3.24. The molecule has 1 fully saturated rings. The predicted octanol–water partition coefficient (Wildman–Crippen LogP) is 5.00. The van der Waals surface area contributed by atoms with Gasteiger partial charge < -0.3 is 25.3 Å². The molecule has 2 heterocycles. The lowest BCUT2D eigenvalue weighted by Crippen LogP contribution is -2.53. The van der Waals surface area contributed by atoms with Crippen LogP contribution in [0.25, 0.3) is 22.0 Å². The minimum Gasteiger partial charge on any atom is -0.450 e. The van der Waals surface area contributed by atoms with E-state index in [1.54, 1.807) is 6.07 Å². The summed E-state index contributed by atoms with van der Waals surface area (Å²) in [6.07, 6.45) is 3.92. The van der Waals surface area contributed by atoms with E-state index in [2.05, 4.69) is 16.9 Å². The first-order valence-electron chi connectivity index (χ1n) is 12.7. The molecule has 1 unspecified atom stereocenters. The Bertz CT molecular complexity index is 1300. The zero-order valence-corrected chi connectivity index (χ0v) is 21.6. The van der Waals surface area contributed by atoms with Gasteiger partial charge in [0.2, 0.25) is 0 Å². The van der Waals surface area contributed by atoms with E-state index in [9.17, 15) is 9.59 Å². The van der Waals surface area contributed by atoms with Crippen molar-refractivity contribution in [2.24, 2.45) is 5.73 Å². The van der Waals surface area contributed by atoms with Crippen LogP contribution >= 0.6 is 11.6 Å². The Morgan fingerprint density at radius 2 is 1.86 bits per heavy atom. The molecule has 3 N–H and O–H groups in total. The number of nitrogens with two attached hydrogens (primary N) is 1. The van der Waals surface area contributed by atoms with Crippen molar-refractivity contribution in [3.63, 3.8) is 0 Å². The van der Waals surface area contributed by atoms with Crippen molar-refractivity contribution in [1.82, 2.24) is 14.8 Å². The van der Waals surface area contributed by atoms with Crippen LogP contribution in [0, 0.1) is 0 Å². The van der Waals surface area contributed by atoms with Crippen molar-refractivity contribution >= 4 is 34.5 Å². The van der Waals surface area contributed by atoms with Crippen LogP contribution in [0.2, 0.25) is 5.02 Å². The topological polar surface area (TPSA) is 91.7 Å². The van der Waals surface area contributed by atoms with Crippen molar-refractivity contribution in [1.29, 1.82) is 0 Å². The smallest absolute Gasteiger partial charge is 0.410 e. The highest BCUT2D eigenvalue weighted by molar-refractivity contribution is 6.33. The van der Waals surface area contributed by atoms with E-state index in [0.717, 1.165) is 72.1 Å². The Labute approximate surface area is 216 Å². The molecule has 2 amide bonds. The van der Waals surface area contributed by atoms with Crippen LogP contribution < -0.4 is 5.73 Å². The normalized spacial score (nSPS) is 18.7. The maximum absolute atomic E-state index is 13.2. The van der Waals surface area contributed by atoms with E-state index >= 15 is 0 Å². The van der Waals surface area contributed by atoms with Gasteiger partial charge in [0.05, 0.1) is 17.7 Å². The quantitative estimate of drug-likeness (QED) is 0.507. The van der Waals surface area contributed by atoms with Crippen LogP contribution in [0.3, 0.4) is 0 Å². The number of benzene rings is 2. The van der Waals surface area contributed by atoms with E-state index in [1.807, 2.05) is 42.2 Å². The highest BCUT2D eigenvalue weighted by atomic mass is 35.5. The molecule has 190 valence electrons. The number of H-pyrrole nitrogens is 1. The monoisotopic (exact) mass is 508 g/mol. The number of fused-ring (bicyclic) bond motifs is 3. The summed E-state index contributed by atoms with van der Waals surface area (Å²) in [4.78, 5) is 33.3. The lowest BCUT2D eigenvalue weighted by Gasteiger charge is -2.42. The molecule has 7 nitrogen and oxygen atoms in total. The molecule has 1 aromatic heterocycles. The number of hydrogen-bond acceptors (Lipinski definition) is 4. The molecule has 1 atom stereocenters. The van der Waals surface area contributed by atoms with Crippen molar-refractivity contribution in [2.75, 3.05) is 26.7 Å². The number of nitrogens with zero attached hydrogens (tertiary/aromatic N) is 2. The summed E-state index contributed by atoms with van der Waals surface area (Å²) in [6.45, 7) is 4.13. The summed E-state index contributed by atoms with van der Waals surface area (Å²) in [5.41, 5.74) is 11.0. The van der Waals surface area contributed by atoms with Gasteiger partial charge in [0.1, 0.15) is 0 Å². The average molecular weight is 509 g/mol. The maximum atomic E-state index is 13.2. The van der Waals surface area contributed by atoms with Gasteiger partial charge in [-0.3, -0.25) is 4.79 Å². The fourth-order valence-electron chi connectivity index (χ4n) is 5.92. The van der Waals surface area contributed by atoms with Gasteiger partial charge in [-0.05, 0) is 82.4 Å². The summed E-state index contributed by atoms with van der Waals surface area (Å²) < 4.78 is 5.54.